The zero-order valence-corrected chi connectivity index (χ0v) is 14.4. The van der Waals surface area contributed by atoms with Crippen LogP contribution in [-0.4, -0.2) is 49.3 Å². The molecule has 0 bridgehead atoms. The Balaban J connectivity index is 1.78. The fraction of sp³-hybridized carbons (Fsp3) is 0.611. The van der Waals surface area contributed by atoms with Crippen molar-refractivity contribution < 1.29 is 27.4 Å². The Labute approximate surface area is 144 Å². The van der Waals surface area contributed by atoms with Gasteiger partial charge in [-0.1, -0.05) is 0 Å². The Morgan fingerprint density at radius 1 is 1.24 bits per heavy atom. The van der Waals surface area contributed by atoms with E-state index in [9.17, 15) is 18.0 Å². The number of rotatable bonds is 4. The zero-order chi connectivity index (χ0) is 18.2. The lowest BCUT2D eigenvalue weighted by molar-refractivity contribution is -0.140. The topological polar surface area (TPSA) is 38.8 Å². The van der Waals surface area contributed by atoms with Crippen molar-refractivity contribution in [1.82, 2.24) is 4.90 Å². The Kier molecular flexibility index (Phi) is 5.06. The summed E-state index contributed by atoms with van der Waals surface area (Å²) < 4.78 is 51.0. The fourth-order valence-corrected chi connectivity index (χ4v) is 4.16. The van der Waals surface area contributed by atoms with Crippen molar-refractivity contribution in [2.24, 2.45) is 0 Å². The van der Waals surface area contributed by atoms with E-state index in [2.05, 4.69) is 0 Å². The van der Waals surface area contributed by atoms with E-state index in [-0.39, 0.29) is 35.6 Å². The summed E-state index contributed by atoms with van der Waals surface area (Å²) in [6.07, 6.45) is 2.95. The second-order valence-electron chi connectivity index (χ2n) is 6.80. The van der Waals surface area contributed by atoms with Gasteiger partial charge in [-0.3, -0.25) is 4.79 Å². The Morgan fingerprint density at radius 3 is 2.52 bits per heavy atom. The van der Waals surface area contributed by atoms with Gasteiger partial charge in [0, 0.05) is 20.8 Å². The van der Waals surface area contributed by atoms with Crippen LogP contribution in [-0.2, 0) is 20.7 Å². The molecule has 1 aromatic rings. The Morgan fingerprint density at radius 2 is 1.92 bits per heavy atom. The highest BCUT2D eigenvalue weighted by Gasteiger charge is 2.52. The van der Waals surface area contributed by atoms with Crippen molar-refractivity contribution in [3.8, 4) is 0 Å². The van der Waals surface area contributed by atoms with Gasteiger partial charge in [0.1, 0.15) is 0 Å². The molecule has 1 aliphatic heterocycles. The molecule has 25 heavy (non-hydrogen) atoms. The lowest BCUT2D eigenvalue weighted by Crippen LogP contribution is -2.53. The largest absolute Gasteiger partial charge is 0.381 e. The number of likely N-dealkylation sites (tertiary alicyclic amines) is 1. The summed E-state index contributed by atoms with van der Waals surface area (Å²) in [6, 6.07) is 1.61. The minimum atomic E-state index is -1.52. The van der Waals surface area contributed by atoms with Crippen molar-refractivity contribution in [2.45, 2.75) is 49.9 Å². The number of carbonyl (C=O) groups is 1. The maximum atomic E-state index is 13.4. The molecule has 0 unspecified atom stereocenters. The van der Waals surface area contributed by atoms with Crippen LogP contribution in [0, 0.1) is 17.5 Å². The molecular weight excluding hydrogens is 335 g/mol. The van der Waals surface area contributed by atoms with Crippen LogP contribution in [0.4, 0.5) is 13.2 Å². The first kappa shape index (κ1) is 18.2. The monoisotopic (exact) mass is 357 g/mol. The molecule has 0 radical (unpaired) electrons. The number of ether oxygens (including phenoxy) is 2. The first-order valence-corrected chi connectivity index (χ1v) is 8.41. The molecule has 1 aromatic carbocycles. The molecule has 0 aromatic heterocycles. The second kappa shape index (κ2) is 6.96. The van der Waals surface area contributed by atoms with Crippen LogP contribution in [0.5, 0.6) is 0 Å². The van der Waals surface area contributed by atoms with Crippen LogP contribution >= 0.6 is 0 Å². The summed E-state index contributed by atoms with van der Waals surface area (Å²) in [5.41, 5.74) is -0.264. The third-order valence-corrected chi connectivity index (χ3v) is 5.59. The summed E-state index contributed by atoms with van der Waals surface area (Å²) in [5.74, 6) is -4.34. The number of halogens is 3. The predicted molar refractivity (Wildman–Crippen MR) is 84.5 cm³/mol. The number of benzene rings is 1. The number of hydrogen-bond donors (Lipinski definition) is 0. The van der Waals surface area contributed by atoms with E-state index in [1.807, 2.05) is 0 Å². The summed E-state index contributed by atoms with van der Waals surface area (Å²) in [6.45, 7) is 0.528. The third kappa shape index (κ3) is 3.27. The molecule has 1 heterocycles. The minimum absolute atomic E-state index is 0.0578. The van der Waals surface area contributed by atoms with Gasteiger partial charge in [0.05, 0.1) is 24.2 Å². The van der Waals surface area contributed by atoms with Gasteiger partial charge in [0.15, 0.2) is 17.5 Å². The molecule has 0 spiro atoms. The standard InChI is InChI=1S/C18H22F3NO3/c1-24-12-3-4-18(25-2)5-6-22(15(18)10-12)16(23)9-11-7-13(19)17(21)14(20)8-11/h7-8,12,15H,3-6,9-10H2,1-2H3/t12-,15-,18+/m0/s1. The number of hydrogen-bond acceptors (Lipinski definition) is 3. The Hall–Kier alpha value is -1.60. The average Bonchev–Trinajstić information content (AvgIpc) is 2.98. The highest BCUT2D eigenvalue weighted by atomic mass is 19.2. The van der Waals surface area contributed by atoms with Crippen molar-refractivity contribution >= 4 is 5.91 Å². The van der Waals surface area contributed by atoms with E-state index in [0.717, 1.165) is 31.4 Å². The second-order valence-corrected chi connectivity index (χ2v) is 6.80. The number of nitrogens with zero attached hydrogens (tertiary/aromatic N) is 1. The van der Waals surface area contributed by atoms with E-state index in [1.54, 1.807) is 19.1 Å². The SMILES string of the molecule is CO[C@H]1CC[C@@]2(OC)CCN(C(=O)Cc3cc(F)c(F)c(F)c3)[C@H]2C1. The molecule has 2 aliphatic rings. The number of methoxy groups -OCH3 is 2. The average molecular weight is 357 g/mol. The zero-order valence-electron chi connectivity index (χ0n) is 14.4. The number of fused-ring (bicyclic) bond motifs is 1. The molecule has 3 atom stereocenters. The predicted octanol–water partition coefficient (Wildman–Crippen LogP) is 2.83. The normalized spacial score (nSPS) is 28.9. The van der Waals surface area contributed by atoms with Crippen molar-refractivity contribution in [1.29, 1.82) is 0 Å². The van der Waals surface area contributed by atoms with Gasteiger partial charge in [-0.25, -0.2) is 13.2 Å². The van der Waals surface area contributed by atoms with E-state index < -0.39 is 17.5 Å². The lowest BCUT2D eigenvalue weighted by Gasteiger charge is -2.43. The van der Waals surface area contributed by atoms with Crippen molar-refractivity contribution in [3.63, 3.8) is 0 Å². The molecule has 1 aliphatic carbocycles. The van der Waals surface area contributed by atoms with Gasteiger partial charge in [-0.2, -0.15) is 0 Å². The van der Waals surface area contributed by atoms with E-state index in [4.69, 9.17) is 9.47 Å². The molecule has 1 saturated carbocycles. The molecule has 4 nitrogen and oxygen atoms in total. The lowest BCUT2D eigenvalue weighted by atomic mass is 9.79. The van der Waals surface area contributed by atoms with Crippen LogP contribution in [0.1, 0.15) is 31.2 Å². The number of amides is 1. The van der Waals surface area contributed by atoms with Gasteiger partial charge in [-0.05, 0) is 43.4 Å². The molecule has 2 fully saturated rings. The maximum Gasteiger partial charge on any atom is 0.227 e. The maximum absolute atomic E-state index is 13.4. The summed E-state index contributed by atoms with van der Waals surface area (Å²) >= 11 is 0. The van der Waals surface area contributed by atoms with Gasteiger partial charge in [0.25, 0.3) is 0 Å². The van der Waals surface area contributed by atoms with Gasteiger partial charge < -0.3 is 14.4 Å². The molecule has 138 valence electrons. The third-order valence-electron chi connectivity index (χ3n) is 5.59. The summed E-state index contributed by atoms with van der Waals surface area (Å²) in [4.78, 5) is 14.4. The van der Waals surface area contributed by atoms with E-state index in [1.165, 1.54) is 0 Å². The molecule has 1 amide bonds. The molecule has 7 heteroatoms. The minimum Gasteiger partial charge on any atom is -0.381 e. The van der Waals surface area contributed by atoms with Crippen LogP contribution in [0.25, 0.3) is 0 Å². The first-order valence-electron chi connectivity index (χ1n) is 8.41. The Bertz CT molecular complexity index is 646. The summed E-state index contributed by atoms with van der Waals surface area (Å²) in [7, 11) is 3.30. The van der Waals surface area contributed by atoms with E-state index in [0.29, 0.717) is 13.0 Å². The van der Waals surface area contributed by atoms with Crippen molar-refractivity contribution in [3.05, 3.63) is 35.1 Å². The van der Waals surface area contributed by atoms with Crippen LogP contribution in [0.2, 0.25) is 0 Å². The van der Waals surface area contributed by atoms with Gasteiger partial charge in [-0.15, -0.1) is 0 Å². The molecule has 0 N–H and O–H groups in total. The fourth-order valence-electron chi connectivity index (χ4n) is 4.16. The first-order chi connectivity index (χ1) is 11.9. The number of carbonyl (C=O) groups excluding carboxylic acids is 1. The highest BCUT2D eigenvalue weighted by molar-refractivity contribution is 5.79. The molecule has 3 rings (SSSR count). The van der Waals surface area contributed by atoms with Gasteiger partial charge >= 0.3 is 0 Å². The molecular formula is C18H22F3NO3. The molecule has 1 saturated heterocycles. The van der Waals surface area contributed by atoms with Crippen LogP contribution in [0.15, 0.2) is 12.1 Å². The van der Waals surface area contributed by atoms with Crippen LogP contribution < -0.4 is 0 Å². The van der Waals surface area contributed by atoms with Crippen LogP contribution in [0.3, 0.4) is 0 Å². The van der Waals surface area contributed by atoms with Crippen molar-refractivity contribution in [2.75, 3.05) is 20.8 Å². The smallest absolute Gasteiger partial charge is 0.227 e. The quantitative estimate of drug-likeness (QED) is 0.778. The summed E-state index contributed by atoms with van der Waals surface area (Å²) in [5, 5.41) is 0. The highest BCUT2D eigenvalue weighted by Crippen LogP contribution is 2.43. The van der Waals surface area contributed by atoms with E-state index >= 15 is 0 Å². The van der Waals surface area contributed by atoms with Gasteiger partial charge in [0.2, 0.25) is 5.91 Å².